The lowest BCUT2D eigenvalue weighted by atomic mass is 9.99. The van der Waals surface area contributed by atoms with Crippen LogP contribution in [0.4, 0.5) is 0 Å². The molecule has 2 aromatic rings. The van der Waals surface area contributed by atoms with Gasteiger partial charge in [-0.3, -0.25) is 0 Å². The van der Waals surface area contributed by atoms with Gasteiger partial charge in [0.05, 0.1) is 13.2 Å². The summed E-state index contributed by atoms with van der Waals surface area (Å²) in [6, 6.07) is 16.9. The van der Waals surface area contributed by atoms with Gasteiger partial charge in [0.15, 0.2) is 0 Å². The van der Waals surface area contributed by atoms with Crippen LogP contribution in [0, 0.1) is 3.57 Å². The van der Waals surface area contributed by atoms with E-state index in [9.17, 15) is 0 Å². The van der Waals surface area contributed by atoms with Gasteiger partial charge in [-0.15, -0.1) is 0 Å². The predicted molar refractivity (Wildman–Crippen MR) is 83.1 cm³/mol. The molecule has 1 N–H and O–H groups in total. The Bertz CT molecular complexity index is 510. The monoisotopic (exact) mass is 353 g/mol. The maximum absolute atomic E-state index is 5.28. The highest BCUT2D eigenvalue weighted by molar-refractivity contribution is 14.1. The average molecular weight is 353 g/mol. The van der Waals surface area contributed by atoms with Crippen molar-refractivity contribution in [3.63, 3.8) is 0 Å². The van der Waals surface area contributed by atoms with Crippen molar-refractivity contribution in [1.82, 2.24) is 5.32 Å². The van der Waals surface area contributed by atoms with E-state index in [0.717, 1.165) is 5.75 Å². The zero-order chi connectivity index (χ0) is 13.0. The molecule has 94 valence electrons. The highest BCUT2D eigenvalue weighted by Gasteiger charge is 2.12. The third kappa shape index (κ3) is 3.03. The minimum Gasteiger partial charge on any atom is -0.497 e. The van der Waals surface area contributed by atoms with E-state index in [1.54, 1.807) is 7.11 Å². The molecule has 0 aliphatic heterocycles. The number of nitrogens with one attached hydrogen (secondary N) is 1. The first-order chi connectivity index (χ1) is 8.74. The van der Waals surface area contributed by atoms with Crippen LogP contribution in [0.5, 0.6) is 5.75 Å². The maximum atomic E-state index is 5.28. The number of halogens is 1. The fraction of sp³-hybridized carbons (Fsp3) is 0.200. The third-order valence-electron chi connectivity index (χ3n) is 2.92. The van der Waals surface area contributed by atoms with E-state index >= 15 is 0 Å². The summed E-state index contributed by atoms with van der Waals surface area (Å²) in [5.74, 6) is 0.887. The van der Waals surface area contributed by atoms with Gasteiger partial charge in [-0.25, -0.2) is 0 Å². The highest BCUT2D eigenvalue weighted by atomic mass is 127. The van der Waals surface area contributed by atoms with Gasteiger partial charge in [-0.2, -0.15) is 0 Å². The largest absolute Gasteiger partial charge is 0.497 e. The van der Waals surface area contributed by atoms with Crippen LogP contribution in [0.3, 0.4) is 0 Å². The summed E-state index contributed by atoms with van der Waals surface area (Å²) in [5, 5.41) is 3.35. The highest BCUT2D eigenvalue weighted by Crippen LogP contribution is 2.25. The molecule has 0 saturated carbocycles. The van der Waals surface area contributed by atoms with Crippen LogP contribution in [0.25, 0.3) is 0 Å². The van der Waals surface area contributed by atoms with E-state index in [1.807, 2.05) is 19.2 Å². The second-order valence-corrected chi connectivity index (χ2v) is 5.30. The molecular formula is C15H16INO. The minimum atomic E-state index is 0.192. The molecule has 18 heavy (non-hydrogen) atoms. The molecule has 0 saturated heterocycles. The number of methoxy groups -OCH3 is 1. The maximum Gasteiger partial charge on any atom is 0.119 e. The van der Waals surface area contributed by atoms with Crippen molar-refractivity contribution in [2.75, 3.05) is 14.2 Å². The van der Waals surface area contributed by atoms with E-state index in [0.29, 0.717) is 0 Å². The topological polar surface area (TPSA) is 21.3 Å². The Labute approximate surface area is 122 Å². The number of rotatable bonds is 4. The fourth-order valence-corrected chi connectivity index (χ4v) is 2.36. The van der Waals surface area contributed by atoms with Crippen molar-refractivity contribution >= 4 is 22.6 Å². The van der Waals surface area contributed by atoms with Crippen molar-refractivity contribution in [2.45, 2.75) is 6.04 Å². The lowest BCUT2D eigenvalue weighted by Gasteiger charge is -2.18. The molecule has 0 heterocycles. The van der Waals surface area contributed by atoms with Crippen molar-refractivity contribution in [2.24, 2.45) is 0 Å². The van der Waals surface area contributed by atoms with Gasteiger partial charge in [-0.1, -0.05) is 24.3 Å². The summed E-state index contributed by atoms with van der Waals surface area (Å²) in [5.41, 5.74) is 2.46. The van der Waals surface area contributed by atoms with E-state index < -0.39 is 0 Å². The molecule has 2 nitrogen and oxygen atoms in total. The Morgan fingerprint density at radius 3 is 2.39 bits per heavy atom. The van der Waals surface area contributed by atoms with Crippen LogP contribution in [0.1, 0.15) is 17.2 Å². The number of ether oxygens (including phenoxy) is 1. The molecular weight excluding hydrogens is 337 g/mol. The van der Waals surface area contributed by atoms with Gasteiger partial charge in [0.2, 0.25) is 0 Å². The molecule has 0 bridgehead atoms. The molecule has 0 aromatic heterocycles. The zero-order valence-electron chi connectivity index (χ0n) is 10.5. The van der Waals surface area contributed by atoms with Crippen molar-refractivity contribution in [3.05, 3.63) is 63.2 Å². The van der Waals surface area contributed by atoms with Crippen LogP contribution in [0.15, 0.2) is 48.5 Å². The van der Waals surface area contributed by atoms with Crippen LogP contribution in [0.2, 0.25) is 0 Å². The van der Waals surface area contributed by atoms with Crippen LogP contribution < -0.4 is 10.1 Å². The molecule has 2 rings (SSSR count). The SMILES string of the molecule is CNC(c1ccc(I)cc1)c1cccc(OC)c1. The van der Waals surface area contributed by atoms with Gasteiger partial charge in [0, 0.05) is 3.57 Å². The van der Waals surface area contributed by atoms with E-state index in [-0.39, 0.29) is 6.04 Å². The molecule has 0 aliphatic carbocycles. The van der Waals surface area contributed by atoms with Crippen molar-refractivity contribution in [1.29, 1.82) is 0 Å². The van der Waals surface area contributed by atoms with Crippen LogP contribution >= 0.6 is 22.6 Å². The Morgan fingerprint density at radius 1 is 1.06 bits per heavy atom. The van der Waals surface area contributed by atoms with Crippen LogP contribution in [-0.4, -0.2) is 14.2 Å². The van der Waals surface area contributed by atoms with E-state index in [1.165, 1.54) is 14.7 Å². The molecule has 0 fully saturated rings. The lowest BCUT2D eigenvalue weighted by molar-refractivity contribution is 0.414. The molecule has 0 aliphatic rings. The standard InChI is InChI=1S/C15H16INO/c1-17-15(11-6-8-13(16)9-7-11)12-4-3-5-14(10-12)18-2/h3-10,15,17H,1-2H3. The summed E-state index contributed by atoms with van der Waals surface area (Å²) in [6.07, 6.45) is 0. The summed E-state index contributed by atoms with van der Waals surface area (Å²) >= 11 is 2.32. The van der Waals surface area contributed by atoms with Crippen molar-refractivity contribution < 1.29 is 4.74 Å². The van der Waals surface area contributed by atoms with Gasteiger partial charge < -0.3 is 10.1 Å². The Balaban J connectivity index is 2.35. The van der Waals surface area contributed by atoms with E-state index in [4.69, 9.17) is 4.74 Å². The lowest BCUT2D eigenvalue weighted by Crippen LogP contribution is -2.17. The average Bonchev–Trinajstić information content (AvgIpc) is 2.42. The normalized spacial score (nSPS) is 12.2. The van der Waals surface area contributed by atoms with Crippen molar-refractivity contribution in [3.8, 4) is 5.75 Å². The first kappa shape index (κ1) is 13.4. The second kappa shape index (κ2) is 6.20. The second-order valence-electron chi connectivity index (χ2n) is 4.05. The van der Waals surface area contributed by atoms with Crippen LogP contribution in [-0.2, 0) is 0 Å². The van der Waals surface area contributed by atoms with Gasteiger partial charge in [-0.05, 0) is 65.0 Å². The first-order valence-electron chi connectivity index (χ1n) is 5.81. The molecule has 0 radical (unpaired) electrons. The Morgan fingerprint density at radius 2 is 1.78 bits per heavy atom. The van der Waals surface area contributed by atoms with Gasteiger partial charge in [0.1, 0.15) is 5.75 Å². The van der Waals surface area contributed by atoms with E-state index in [2.05, 4.69) is 64.3 Å². The fourth-order valence-electron chi connectivity index (χ4n) is 2.00. The minimum absolute atomic E-state index is 0.192. The third-order valence-corrected chi connectivity index (χ3v) is 3.64. The number of hydrogen-bond donors (Lipinski definition) is 1. The quantitative estimate of drug-likeness (QED) is 0.848. The zero-order valence-corrected chi connectivity index (χ0v) is 12.6. The number of hydrogen-bond acceptors (Lipinski definition) is 2. The first-order valence-corrected chi connectivity index (χ1v) is 6.89. The summed E-state index contributed by atoms with van der Waals surface area (Å²) in [4.78, 5) is 0. The molecule has 3 heteroatoms. The Kier molecular flexibility index (Phi) is 4.60. The molecule has 2 aromatic carbocycles. The summed E-state index contributed by atoms with van der Waals surface area (Å²) in [6.45, 7) is 0. The molecule has 1 unspecified atom stereocenters. The molecule has 0 amide bonds. The summed E-state index contributed by atoms with van der Waals surface area (Å²) < 4.78 is 6.52. The predicted octanol–water partition coefficient (Wildman–Crippen LogP) is 3.61. The molecule has 0 spiro atoms. The smallest absolute Gasteiger partial charge is 0.119 e. The van der Waals surface area contributed by atoms with Gasteiger partial charge >= 0.3 is 0 Å². The molecule has 1 atom stereocenters. The Hall–Kier alpha value is -1.07. The number of benzene rings is 2. The summed E-state index contributed by atoms with van der Waals surface area (Å²) in [7, 11) is 3.67. The van der Waals surface area contributed by atoms with Gasteiger partial charge in [0.25, 0.3) is 0 Å².